The molecule has 0 atom stereocenters. The number of ether oxygens (including phenoxy) is 2. The van der Waals surface area contributed by atoms with E-state index in [0.29, 0.717) is 13.2 Å². The Morgan fingerprint density at radius 1 is 1.13 bits per heavy atom. The van der Waals surface area contributed by atoms with Crippen LogP contribution in [0.1, 0.15) is 45.6 Å². The van der Waals surface area contributed by atoms with Gasteiger partial charge in [0.15, 0.2) is 5.60 Å². The van der Waals surface area contributed by atoms with E-state index < -0.39 is 5.41 Å². The summed E-state index contributed by atoms with van der Waals surface area (Å²) in [5.74, 6) is 1.42. The van der Waals surface area contributed by atoms with Gasteiger partial charge in [0, 0.05) is 42.8 Å². The fraction of sp³-hybridized carbons (Fsp3) is 0.517. The molecule has 38 heavy (non-hydrogen) atoms. The number of esters is 1. The van der Waals surface area contributed by atoms with Crippen LogP contribution in [0.25, 0.3) is 11.1 Å². The van der Waals surface area contributed by atoms with Crippen molar-refractivity contribution in [1.82, 2.24) is 9.80 Å². The third kappa shape index (κ3) is 5.41. The van der Waals surface area contributed by atoms with Crippen LogP contribution in [0.5, 0.6) is 5.75 Å². The summed E-state index contributed by atoms with van der Waals surface area (Å²) in [6.45, 7) is 10.7. The number of benzene rings is 2. The fourth-order valence-corrected chi connectivity index (χ4v) is 6.05. The molecule has 0 N–H and O–H groups in total. The maximum absolute atomic E-state index is 13.4. The van der Waals surface area contributed by atoms with Gasteiger partial charge in [-0.25, -0.2) is 4.39 Å². The van der Waals surface area contributed by atoms with Crippen molar-refractivity contribution in [3.8, 4) is 16.9 Å². The molecular formula is C29H35BrFN3O4. The zero-order chi connectivity index (χ0) is 26.9. The molecule has 0 saturated carbocycles. The van der Waals surface area contributed by atoms with Crippen molar-refractivity contribution in [2.45, 2.75) is 52.2 Å². The topological polar surface area (TPSA) is 63.6 Å². The molecule has 0 amide bonds. The lowest BCUT2D eigenvalue weighted by molar-refractivity contribution is -0.156. The molecule has 204 valence electrons. The van der Waals surface area contributed by atoms with E-state index in [9.17, 15) is 9.18 Å². The van der Waals surface area contributed by atoms with Crippen LogP contribution in [0.2, 0.25) is 0 Å². The third-order valence-corrected chi connectivity index (χ3v) is 8.58. The van der Waals surface area contributed by atoms with E-state index in [-0.39, 0.29) is 17.4 Å². The highest BCUT2D eigenvalue weighted by Crippen LogP contribution is 2.40. The summed E-state index contributed by atoms with van der Waals surface area (Å²) >= 11 is 3.74. The zero-order valence-electron chi connectivity index (χ0n) is 22.3. The van der Waals surface area contributed by atoms with E-state index in [4.69, 9.17) is 14.3 Å². The average molecular weight is 589 g/mol. The fourth-order valence-electron chi connectivity index (χ4n) is 5.58. The second kappa shape index (κ2) is 10.8. The Hall–Kier alpha value is -2.65. The lowest BCUT2D eigenvalue weighted by atomic mass is 9.80. The van der Waals surface area contributed by atoms with E-state index in [1.54, 1.807) is 12.1 Å². The number of halogens is 2. The van der Waals surface area contributed by atoms with E-state index in [2.05, 4.69) is 43.0 Å². The number of carbonyl (C=O) groups is 1. The second-order valence-electron chi connectivity index (χ2n) is 10.8. The van der Waals surface area contributed by atoms with Crippen molar-refractivity contribution in [1.29, 1.82) is 0 Å². The quantitative estimate of drug-likeness (QED) is 0.392. The number of hydrogen-bond donors (Lipinski definition) is 0. The first-order valence-electron chi connectivity index (χ1n) is 13.3. The van der Waals surface area contributed by atoms with Crippen LogP contribution in [-0.4, -0.2) is 66.6 Å². The average Bonchev–Trinajstić information content (AvgIpc) is 3.32. The summed E-state index contributed by atoms with van der Waals surface area (Å²) in [4.78, 5) is 22.9. The van der Waals surface area contributed by atoms with Gasteiger partial charge in [0.1, 0.15) is 17.4 Å². The van der Waals surface area contributed by atoms with Gasteiger partial charge in [-0.05, 0) is 69.0 Å². The molecule has 3 aliphatic rings. The van der Waals surface area contributed by atoms with Crippen molar-refractivity contribution < 1.29 is 23.5 Å². The van der Waals surface area contributed by atoms with Gasteiger partial charge in [-0.1, -0.05) is 33.2 Å². The first kappa shape index (κ1) is 26.9. The monoisotopic (exact) mass is 587 g/mol. The Morgan fingerprint density at radius 2 is 1.84 bits per heavy atom. The van der Waals surface area contributed by atoms with Crippen LogP contribution in [-0.2, 0) is 20.9 Å². The smallest absolute Gasteiger partial charge is 0.311 e. The van der Waals surface area contributed by atoms with E-state index >= 15 is 0 Å². The van der Waals surface area contributed by atoms with Crippen LogP contribution in [0, 0.1) is 11.2 Å². The Kier molecular flexibility index (Phi) is 7.69. The number of likely N-dealkylation sites (tertiary alicyclic amines) is 2. The third-order valence-electron chi connectivity index (χ3n) is 7.85. The van der Waals surface area contributed by atoms with Crippen molar-refractivity contribution in [3.63, 3.8) is 0 Å². The summed E-state index contributed by atoms with van der Waals surface area (Å²) in [7, 11) is 0. The SMILES string of the molecule is CCOC(=O)C1(C)CCN(C2=NOC3(C2)CN(Cc2cc(OCC)c(-c4ccc(F)cc4)cc2Br)C3)CC1. The van der Waals surface area contributed by atoms with Gasteiger partial charge < -0.3 is 19.2 Å². The minimum atomic E-state index is -0.419. The number of rotatable bonds is 7. The van der Waals surface area contributed by atoms with Crippen LogP contribution in [0.3, 0.4) is 0 Å². The van der Waals surface area contributed by atoms with E-state index in [1.165, 1.54) is 12.1 Å². The predicted molar refractivity (Wildman–Crippen MR) is 147 cm³/mol. The first-order chi connectivity index (χ1) is 18.2. The molecular weight excluding hydrogens is 553 g/mol. The molecule has 3 aliphatic heterocycles. The molecule has 5 rings (SSSR count). The van der Waals surface area contributed by atoms with Crippen molar-refractivity contribution >= 4 is 27.7 Å². The largest absolute Gasteiger partial charge is 0.493 e. The lowest BCUT2D eigenvalue weighted by Crippen LogP contribution is -2.61. The number of oxime groups is 1. The van der Waals surface area contributed by atoms with Crippen molar-refractivity contribution in [3.05, 3.63) is 52.3 Å². The minimum Gasteiger partial charge on any atom is -0.493 e. The van der Waals surface area contributed by atoms with Crippen molar-refractivity contribution in [2.75, 3.05) is 39.4 Å². The van der Waals surface area contributed by atoms with Crippen LogP contribution >= 0.6 is 15.9 Å². The summed E-state index contributed by atoms with van der Waals surface area (Å²) in [5, 5.41) is 4.46. The van der Waals surface area contributed by atoms with Crippen LogP contribution in [0.15, 0.2) is 46.0 Å². The van der Waals surface area contributed by atoms with Gasteiger partial charge >= 0.3 is 5.97 Å². The first-order valence-corrected chi connectivity index (χ1v) is 14.1. The molecule has 0 unspecified atom stereocenters. The van der Waals surface area contributed by atoms with E-state index in [1.807, 2.05) is 20.8 Å². The molecule has 0 radical (unpaired) electrons. The molecule has 9 heteroatoms. The Morgan fingerprint density at radius 3 is 2.50 bits per heavy atom. The van der Waals surface area contributed by atoms with E-state index in [0.717, 1.165) is 84.7 Å². The highest BCUT2D eigenvalue weighted by Gasteiger charge is 2.51. The van der Waals surface area contributed by atoms with Gasteiger partial charge in [-0.2, -0.15) is 0 Å². The van der Waals surface area contributed by atoms with Crippen molar-refractivity contribution in [2.24, 2.45) is 10.6 Å². The number of hydrogen-bond acceptors (Lipinski definition) is 7. The normalized spacial score (nSPS) is 20.0. The second-order valence-corrected chi connectivity index (χ2v) is 11.6. The summed E-state index contributed by atoms with van der Waals surface area (Å²) in [5.41, 5.74) is 2.27. The van der Waals surface area contributed by atoms with Gasteiger partial charge in [-0.3, -0.25) is 9.69 Å². The molecule has 7 nitrogen and oxygen atoms in total. The van der Waals surface area contributed by atoms with Crippen LogP contribution < -0.4 is 4.74 Å². The summed E-state index contributed by atoms with van der Waals surface area (Å²) < 4.78 is 25.7. The molecule has 2 saturated heterocycles. The Bertz CT molecular complexity index is 1210. The van der Waals surface area contributed by atoms with Gasteiger partial charge in [0.2, 0.25) is 0 Å². The molecule has 0 aliphatic carbocycles. The van der Waals surface area contributed by atoms with Gasteiger partial charge in [0.05, 0.1) is 25.0 Å². The Labute approximate surface area is 232 Å². The van der Waals surface area contributed by atoms with Gasteiger partial charge in [-0.15, -0.1) is 0 Å². The summed E-state index contributed by atoms with van der Waals surface area (Å²) in [6, 6.07) is 10.6. The molecule has 3 heterocycles. The molecule has 1 spiro atoms. The molecule has 2 aromatic rings. The predicted octanol–water partition coefficient (Wildman–Crippen LogP) is 5.61. The molecule has 0 bridgehead atoms. The lowest BCUT2D eigenvalue weighted by Gasteiger charge is -2.46. The number of nitrogens with zero attached hydrogens (tertiary/aromatic N) is 3. The minimum absolute atomic E-state index is 0.0975. The molecule has 2 fully saturated rings. The Balaban J connectivity index is 1.18. The maximum atomic E-state index is 13.4. The maximum Gasteiger partial charge on any atom is 0.311 e. The number of amidine groups is 1. The summed E-state index contributed by atoms with van der Waals surface area (Å²) in [6.07, 6.45) is 2.30. The molecule has 0 aromatic heterocycles. The van der Waals surface area contributed by atoms with Crippen LogP contribution in [0.4, 0.5) is 4.39 Å². The van der Waals surface area contributed by atoms with Gasteiger partial charge in [0.25, 0.3) is 0 Å². The zero-order valence-corrected chi connectivity index (χ0v) is 23.9. The molecule has 2 aromatic carbocycles. The highest BCUT2D eigenvalue weighted by molar-refractivity contribution is 9.10. The standard InChI is InChI=1S/C29H35BrFN3O4/c1-4-36-25-14-21(24(30)15-23(25)20-6-8-22(31)9-7-20)17-33-18-29(19-33)16-26(32-38-29)34-12-10-28(3,11-13-34)27(35)37-5-2/h6-9,14-15H,4-5,10-13,16-19H2,1-3H3. The number of piperidine rings is 1. The number of carbonyl (C=O) groups excluding carboxylic acids is 1. The highest BCUT2D eigenvalue weighted by atomic mass is 79.9.